The predicted molar refractivity (Wildman–Crippen MR) is 80.1 cm³/mol. The summed E-state index contributed by atoms with van der Waals surface area (Å²) >= 11 is 0. The summed E-state index contributed by atoms with van der Waals surface area (Å²) in [7, 11) is 0. The number of anilines is 1. The molecular weight excluding hydrogens is 234 g/mol. The molecule has 0 radical (unpaired) electrons. The lowest BCUT2D eigenvalue weighted by atomic mass is 10.1. The number of nitrogens with two attached hydrogens (primary N) is 1. The fraction of sp³-hybridized carbons (Fsp3) is 0.188. The van der Waals surface area contributed by atoms with E-state index < -0.39 is 0 Å². The quantitative estimate of drug-likeness (QED) is 0.682. The molecule has 3 aromatic rings. The van der Waals surface area contributed by atoms with Gasteiger partial charge in [-0.15, -0.1) is 0 Å². The van der Waals surface area contributed by atoms with Gasteiger partial charge in [0.15, 0.2) is 0 Å². The van der Waals surface area contributed by atoms with Crippen LogP contribution in [0, 0.1) is 6.92 Å². The highest BCUT2D eigenvalue weighted by Gasteiger charge is 2.06. The van der Waals surface area contributed by atoms with E-state index in [0.717, 1.165) is 40.1 Å². The Kier molecular flexibility index (Phi) is 2.75. The van der Waals surface area contributed by atoms with Crippen LogP contribution in [0.4, 0.5) is 5.69 Å². The van der Waals surface area contributed by atoms with Gasteiger partial charge in [0.05, 0.1) is 11.0 Å². The molecule has 0 aliphatic heterocycles. The Morgan fingerprint density at radius 2 is 2.00 bits per heavy atom. The Labute approximate surface area is 112 Å². The summed E-state index contributed by atoms with van der Waals surface area (Å²) in [5.41, 5.74) is 12.2. The average Bonchev–Trinajstić information content (AvgIpc) is 2.84. The first-order valence-electron chi connectivity index (χ1n) is 6.52. The molecule has 1 heterocycles. The summed E-state index contributed by atoms with van der Waals surface area (Å²) in [6, 6.07) is 12.3. The van der Waals surface area contributed by atoms with Crippen molar-refractivity contribution < 1.29 is 0 Å². The van der Waals surface area contributed by atoms with Gasteiger partial charge in [-0.3, -0.25) is 0 Å². The van der Waals surface area contributed by atoms with Gasteiger partial charge in [-0.05, 0) is 54.8 Å². The van der Waals surface area contributed by atoms with E-state index in [1.807, 2.05) is 19.1 Å². The van der Waals surface area contributed by atoms with Gasteiger partial charge >= 0.3 is 0 Å². The molecule has 2 aromatic carbocycles. The zero-order valence-corrected chi connectivity index (χ0v) is 11.2. The van der Waals surface area contributed by atoms with Crippen LogP contribution in [0.2, 0.25) is 0 Å². The predicted octanol–water partition coefficient (Wildman–Crippen LogP) is 3.68. The smallest absolute Gasteiger partial charge is 0.138 e. The monoisotopic (exact) mass is 251 g/mol. The molecule has 0 saturated heterocycles. The summed E-state index contributed by atoms with van der Waals surface area (Å²) in [6.45, 7) is 4.17. The van der Waals surface area contributed by atoms with Crippen LogP contribution in [0.3, 0.4) is 0 Å². The Hall–Kier alpha value is -2.29. The molecule has 0 saturated carbocycles. The molecule has 1 aromatic heterocycles. The molecule has 19 heavy (non-hydrogen) atoms. The second-order valence-electron chi connectivity index (χ2n) is 4.86. The normalized spacial score (nSPS) is 11.1. The van der Waals surface area contributed by atoms with Crippen molar-refractivity contribution in [3.63, 3.8) is 0 Å². The molecule has 0 amide bonds. The number of fused-ring (bicyclic) bond motifs is 1. The standard InChI is InChI=1S/C16H17N3/c1-3-11-4-7-14-15(9-11)19-16(18-14)12-5-6-13(17)10(2)8-12/h4-9H,3,17H2,1-2H3,(H,18,19). The minimum atomic E-state index is 0.813. The number of imidazole rings is 1. The van der Waals surface area contributed by atoms with E-state index in [9.17, 15) is 0 Å². The van der Waals surface area contributed by atoms with E-state index in [2.05, 4.69) is 41.2 Å². The Morgan fingerprint density at radius 3 is 2.74 bits per heavy atom. The number of nitrogens with zero attached hydrogens (tertiary/aromatic N) is 1. The van der Waals surface area contributed by atoms with Crippen molar-refractivity contribution in [2.45, 2.75) is 20.3 Å². The van der Waals surface area contributed by atoms with Gasteiger partial charge in [0.1, 0.15) is 5.82 Å². The first-order chi connectivity index (χ1) is 9.17. The van der Waals surface area contributed by atoms with Gasteiger partial charge in [-0.25, -0.2) is 4.98 Å². The molecule has 0 unspecified atom stereocenters. The Morgan fingerprint density at radius 1 is 1.16 bits per heavy atom. The first-order valence-corrected chi connectivity index (χ1v) is 6.52. The van der Waals surface area contributed by atoms with Crippen molar-refractivity contribution in [1.29, 1.82) is 0 Å². The molecule has 0 aliphatic rings. The van der Waals surface area contributed by atoms with Gasteiger partial charge < -0.3 is 10.7 Å². The minimum absolute atomic E-state index is 0.813. The SMILES string of the molecule is CCc1ccc2nc(-c3ccc(N)c(C)c3)[nH]c2c1. The summed E-state index contributed by atoms with van der Waals surface area (Å²) in [5.74, 6) is 0.895. The lowest BCUT2D eigenvalue weighted by molar-refractivity contribution is 1.14. The Bertz CT molecular complexity index is 741. The second-order valence-corrected chi connectivity index (χ2v) is 4.86. The van der Waals surface area contributed by atoms with E-state index in [-0.39, 0.29) is 0 Å². The largest absolute Gasteiger partial charge is 0.399 e. The average molecular weight is 251 g/mol. The number of H-pyrrole nitrogens is 1. The molecule has 3 rings (SSSR count). The summed E-state index contributed by atoms with van der Waals surface area (Å²) in [4.78, 5) is 8.01. The lowest BCUT2D eigenvalue weighted by Gasteiger charge is -2.01. The summed E-state index contributed by atoms with van der Waals surface area (Å²) in [6.07, 6.45) is 1.03. The van der Waals surface area contributed by atoms with Crippen LogP contribution in [-0.2, 0) is 6.42 Å². The molecule has 0 bridgehead atoms. The number of aromatic nitrogens is 2. The molecule has 0 aliphatic carbocycles. The highest BCUT2D eigenvalue weighted by Crippen LogP contribution is 2.24. The van der Waals surface area contributed by atoms with Crippen LogP contribution < -0.4 is 5.73 Å². The maximum absolute atomic E-state index is 5.85. The van der Waals surface area contributed by atoms with Crippen LogP contribution in [0.15, 0.2) is 36.4 Å². The van der Waals surface area contributed by atoms with Gasteiger partial charge in [0.25, 0.3) is 0 Å². The molecular formula is C16H17N3. The molecule has 0 fully saturated rings. The highest BCUT2D eigenvalue weighted by atomic mass is 14.9. The minimum Gasteiger partial charge on any atom is -0.399 e. The number of benzene rings is 2. The maximum atomic E-state index is 5.85. The van der Waals surface area contributed by atoms with Gasteiger partial charge in [0.2, 0.25) is 0 Å². The van der Waals surface area contributed by atoms with E-state index >= 15 is 0 Å². The van der Waals surface area contributed by atoms with Crippen molar-refractivity contribution in [3.05, 3.63) is 47.5 Å². The van der Waals surface area contributed by atoms with E-state index in [1.54, 1.807) is 0 Å². The van der Waals surface area contributed by atoms with E-state index in [4.69, 9.17) is 5.73 Å². The fourth-order valence-electron chi connectivity index (χ4n) is 2.24. The maximum Gasteiger partial charge on any atom is 0.138 e. The number of rotatable bonds is 2. The molecule has 3 N–H and O–H groups in total. The van der Waals surface area contributed by atoms with Crippen molar-refractivity contribution in [2.24, 2.45) is 0 Å². The number of aromatic amines is 1. The number of hydrogen-bond donors (Lipinski definition) is 2. The third-order valence-corrected chi connectivity index (χ3v) is 3.50. The van der Waals surface area contributed by atoms with Gasteiger partial charge in [0, 0.05) is 11.3 Å². The third-order valence-electron chi connectivity index (χ3n) is 3.50. The van der Waals surface area contributed by atoms with Crippen LogP contribution in [0.1, 0.15) is 18.1 Å². The van der Waals surface area contributed by atoms with Crippen LogP contribution in [0.25, 0.3) is 22.4 Å². The van der Waals surface area contributed by atoms with Crippen LogP contribution in [-0.4, -0.2) is 9.97 Å². The van der Waals surface area contributed by atoms with E-state index in [0.29, 0.717) is 0 Å². The highest BCUT2D eigenvalue weighted by molar-refractivity contribution is 5.80. The molecule has 0 atom stereocenters. The first kappa shape index (κ1) is 11.8. The van der Waals surface area contributed by atoms with Crippen molar-refractivity contribution in [3.8, 4) is 11.4 Å². The summed E-state index contributed by atoms with van der Waals surface area (Å²) in [5, 5.41) is 0. The number of hydrogen-bond acceptors (Lipinski definition) is 2. The second kappa shape index (κ2) is 4.43. The van der Waals surface area contributed by atoms with Crippen LogP contribution >= 0.6 is 0 Å². The number of nitrogens with one attached hydrogen (secondary N) is 1. The Balaban J connectivity index is 2.11. The van der Waals surface area contributed by atoms with Crippen molar-refractivity contribution in [2.75, 3.05) is 5.73 Å². The number of aryl methyl sites for hydroxylation is 2. The van der Waals surface area contributed by atoms with Crippen LogP contribution in [0.5, 0.6) is 0 Å². The third kappa shape index (κ3) is 2.08. The molecule has 96 valence electrons. The summed E-state index contributed by atoms with van der Waals surface area (Å²) < 4.78 is 0. The van der Waals surface area contributed by atoms with E-state index in [1.165, 1.54) is 5.56 Å². The number of nitrogen functional groups attached to an aromatic ring is 1. The van der Waals surface area contributed by atoms with Gasteiger partial charge in [-0.1, -0.05) is 13.0 Å². The fourth-order valence-corrected chi connectivity index (χ4v) is 2.24. The molecule has 3 nitrogen and oxygen atoms in total. The zero-order valence-electron chi connectivity index (χ0n) is 11.2. The van der Waals surface area contributed by atoms with Crippen molar-refractivity contribution >= 4 is 16.7 Å². The van der Waals surface area contributed by atoms with Crippen molar-refractivity contribution in [1.82, 2.24) is 9.97 Å². The molecule has 3 heteroatoms. The lowest BCUT2D eigenvalue weighted by Crippen LogP contribution is -1.90. The topological polar surface area (TPSA) is 54.7 Å². The molecule has 0 spiro atoms. The van der Waals surface area contributed by atoms with Gasteiger partial charge in [-0.2, -0.15) is 0 Å². The zero-order chi connectivity index (χ0) is 13.4.